The maximum atomic E-state index is 6.31. The monoisotopic (exact) mass is 208 g/mol. The quantitative estimate of drug-likeness (QED) is 0.625. The molecule has 86 valence electrons. The zero-order valence-corrected chi connectivity index (χ0v) is 10.5. The number of ether oxygens (including phenoxy) is 1. The Balaban J connectivity index is 2.20. The van der Waals surface area contributed by atoms with Gasteiger partial charge in [-0.15, -0.1) is 0 Å². The van der Waals surface area contributed by atoms with Crippen LogP contribution in [0.2, 0.25) is 0 Å². The molecule has 0 radical (unpaired) electrons. The van der Waals surface area contributed by atoms with Crippen molar-refractivity contribution in [2.45, 2.75) is 65.1 Å². The highest BCUT2D eigenvalue weighted by atomic mass is 16.5. The number of hydrogen-bond acceptors (Lipinski definition) is 1. The third-order valence-electron chi connectivity index (χ3n) is 4.31. The van der Waals surface area contributed by atoms with E-state index >= 15 is 0 Å². The number of hydrogen-bond donors (Lipinski definition) is 0. The van der Waals surface area contributed by atoms with Gasteiger partial charge in [0.05, 0.1) is 11.7 Å². The van der Waals surface area contributed by atoms with Gasteiger partial charge in [-0.1, -0.05) is 25.0 Å². The first-order valence-electron chi connectivity index (χ1n) is 6.39. The van der Waals surface area contributed by atoms with Crippen molar-refractivity contribution in [1.29, 1.82) is 0 Å². The van der Waals surface area contributed by atoms with E-state index in [1.54, 1.807) is 5.57 Å². The minimum atomic E-state index is 0.0908. The number of rotatable bonds is 2. The molecule has 1 saturated heterocycles. The van der Waals surface area contributed by atoms with Crippen LogP contribution < -0.4 is 0 Å². The van der Waals surface area contributed by atoms with Crippen LogP contribution in [0.4, 0.5) is 0 Å². The molecule has 1 aliphatic carbocycles. The van der Waals surface area contributed by atoms with Crippen molar-refractivity contribution < 1.29 is 4.74 Å². The van der Waals surface area contributed by atoms with Gasteiger partial charge < -0.3 is 4.74 Å². The topological polar surface area (TPSA) is 9.23 Å². The van der Waals surface area contributed by atoms with Gasteiger partial charge in [0.2, 0.25) is 0 Å². The lowest BCUT2D eigenvalue weighted by Crippen LogP contribution is -2.49. The first-order valence-corrected chi connectivity index (χ1v) is 6.39. The highest BCUT2D eigenvalue weighted by Gasteiger charge is 2.44. The fraction of sp³-hybridized carbons (Fsp3) is 0.857. The molecule has 0 spiro atoms. The molecule has 1 heteroatoms. The molecule has 0 aromatic rings. The van der Waals surface area contributed by atoms with Crippen LogP contribution in [-0.4, -0.2) is 11.7 Å². The van der Waals surface area contributed by atoms with Gasteiger partial charge in [0.25, 0.3) is 0 Å². The number of allylic oxidation sites excluding steroid dienone is 1. The summed E-state index contributed by atoms with van der Waals surface area (Å²) in [5, 5.41) is 0. The first-order chi connectivity index (χ1) is 7.04. The third kappa shape index (κ3) is 1.99. The second-order valence-electron chi connectivity index (χ2n) is 5.77. The van der Waals surface area contributed by atoms with Crippen molar-refractivity contribution in [1.82, 2.24) is 0 Å². The molecule has 1 aliphatic heterocycles. The van der Waals surface area contributed by atoms with E-state index in [1.807, 2.05) is 0 Å². The summed E-state index contributed by atoms with van der Waals surface area (Å²) < 4.78 is 6.31. The van der Waals surface area contributed by atoms with E-state index in [9.17, 15) is 0 Å². The Labute approximate surface area is 93.9 Å². The van der Waals surface area contributed by atoms with Gasteiger partial charge >= 0.3 is 0 Å². The van der Waals surface area contributed by atoms with Gasteiger partial charge in [-0.05, 0) is 46.0 Å². The van der Waals surface area contributed by atoms with E-state index < -0.39 is 0 Å². The summed E-state index contributed by atoms with van der Waals surface area (Å²) in [5.74, 6) is 1.44. The fourth-order valence-corrected chi connectivity index (χ4v) is 3.19. The summed E-state index contributed by atoms with van der Waals surface area (Å²) in [5.41, 5.74) is 1.66. The van der Waals surface area contributed by atoms with Crippen LogP contribution in [-0.2, 0) is 4.74 Å². The SMILES string of the molecule is CCC[C@H]1OC(C)(C)[C@@H]2CC=C(C)[C@H]1C2. The second-order valence-corrected chi connectivity index (χ2v) is 5.77. The summed E-state index contributed by atoms with van der Waals surface area (Å²) in [7, 11) is 0. The Morgan fingerprint density at radius 2 is 2.20 bits per heavy atom. The van der Waals surface area contributed by atoms with Gasteiger partial charge in [-0.3, -0.25) is 0 Å². The van der Waals surface area contributed by atoms with Gasteiger partial charge in [0.15, 0.2) is 0 Å². The summed E-state index contributed by atoms with van der Waals surface area (Å²) in [6.07, 6.45) is 7.93. The van der Waals surface area contributed by atoms with Crippen LogP contribution in [0.15, 0.2) is 11.6 Å². The summed E-state index contributed by atoms with van der Waals surface area (Å²) in [6, 6.07) is 0. The molecule has 2 bridgehead atoms. The molecule has 0 saturated carbocycles. The first kappa shape index (κ1) is 11.2. The molecule has 0 N–H and O–H groups in total. The Kier molecular flexibility index (Phi) is 2.94. The Morgan fingerprint density at radius 3 is 2.87 bits per heavy atom. The van der Waals surface area contributed by atoms with Gasteiger partial charge in [0.1, 0.15) is 0 Å². The normalized spacial score (nSPS) is 38.7. The smallest absolute Gasteiger partial charge is 0.0661 e. The van der Waals surface area contributed by atoms with Crippen LogP contribution in [0, 0.1) is 11.8 Å². The van der Waals surface area contributed by atoms with Crippen molar-refractivity contribution >= 4 is 0 Å². The van der Waals surface area contributed by atoms with Crippen molar-refractivity contribution in [2.24, 2.45) is 11.8 Å². The molecule has 1 nitrogen and oxygen atoms in total. The van der Waals surface area contributed by atoms with Crippen LogP contribution in [0.25, 0.3) is 0 Å². The summed E-state index contributed by atoms with van der Waals surface area (Å²) in [4.78, 5) is 0. The van der Waals surface area contributed by atoms with Crippen LogP contribution in [0.5, 0.6) is 0 Å². The molecular formula is C14H24O. The number of fused-ring (bicyclic) bond motifs is 2. The van der Waals surface area contributed by atoms with Gasteiger partial charge in [-0.25, -0.2) is 0 Å². The minimum absolute atomic E-state index is 0.0908. The Hall–Kier alpha value is -0.300. The maximum absolute atomic E-state index is 6.31. The molecule has 1 fully saturated rings. The average molecular weight is 208 g/mol. The third-order valence-corrected chi connectivity index (χ3v) is 4.31. The lowest BCUT2D eigenvalue weighted by molar-refractivity contribution is -0.165. The van der Waals surface area contributed by atoms with Crippen molar-refractivity contribution in [3.63, 3.8) is 0 Å². The molecule has 1 heterocycles. The molecule has 2 aliphatic rings. The molecule has 15 heavy (non-hydrogen) atoms. The zero-order valence-electron chi connectivity index (χ0n) is 10.5. The van der Waals surface area contributed by atoms with Crippen LogP contribution in [0.1, 0.15) is 53.4 Å². The van der Waals surface area contributed by atoms with Crippen molar-refractivity contribution in [3.05, 3.63) is 11.6 Å². The van der Waals surface area contributed by atoms with Gasteiger partial charge in [-0.2, -0.15) is 0 Å². The highest BCUT2D eigenvalue weighted by molar-refractivity contribution is 5.14. The molecular weight excluding hydrogens is 184 g/mol. The highest BCUT2D eigenvalue weighted by Crippen LogP contribution is 2.46. The van der Waals surface area contributed by atoms with Crippen LogP contribution >= 0.6 is 0 Å². The van der Waals surface area contributed by atoms with E-state index in [0.29, 0.717) is 12.0 Å². The molecule has 0 amide bonds. The fourth-order valence-electron chi connectivity index (χ4n) is 3.19. The van der Waals surface area contributed by atoms with Crippen LogP contribution in [0.3, 0.4) is 0 Å². The lowest BCUT2D eigenvalue weighted by Gasteiger charge is -2.49. The average Bonchev–Trinajstić information content (AvgIpc) is 2.16. The van der Waals surface area contributed by atoms with E-state index in [-0.39, 0.29) is 5.60 Å². The lowest BCUT2D eigenvalue weighted by atomic mass is 9.69. The molecule has 0 aromatic heterocycles. The molecule has 3 atom stereocenters. The largest absolute Gasteiger partial charge is 0.371 e. The predicted octanol–water partition coefficient (Wildman–Crippen LogP) is 3.94. The molecule has 0 aromatic carbocycles. The predicted molar refractivity (Wildman–Crippen MR) is 63.8 cm³/mol. The summed E-state index contributed by atoms with van der Waals surface area (Å²) >= 11 is 0. The Morgan fingerprint density at radius 1 is 1.47 bits per heavy atom. The van der Waals surface area contributed by atoms with Gasteiger partial charge in [0, 0.05) is 5.92 Å². The van der Waals surface area contributed by atoms with E-state index in [0.717, 1.165) is 5.92 Å². The Bertz CT molecular complexity index is 265. The van der Waals surface area contributed by atoms with E-state index in [2.05, 4.69) is 33.8 Å². The molecule has 2 rings (SSSR count). The van der Waals surface area contributed by atoms with Crippen molar-refractivity contribution in [3.8, 4) is 0 Å². The standard InChI is InChI=1S/C14H24O/c1-5-6-13-12-9-11(8-7-10(12)2)14(3,4)15-13/h7,11-13H,5-6,8-9H2,1-4H3/t11-,12-,13-/m1/s1. The minimum Gasteiger partial charge on any atom is -0.371 e. The van der Waals surface area contributed by atoms with E-state index in [4.69, 9.17) is 4.74 Å². The zero-order chi connectivity index (χ0) is 11.1. The summed E-state index contributed by atoms with van der Waals surface area (Å²) in [6.45, 7) is 9.08. The van der Waals surface area contributed by atoms with E-state index in [1.165, 1.54) is 25.7 Å². The molecule has 0 unspecified atom stereocenters. The van der Waals surface area contributed by atoms with Crippen molar-refractivity contribution in [2.75, 3.05) is 0 Å². The second kappa shape index (κ2) is 3.93. The maximum Gasteiger partial charge on any atom is 0.0661 e.